The molecule has 0 amide bonds. The topological polar surface area (TPSA) is 49.5 Å². The van der Waals surface area contributed by atoms with Crippen LogP contribution in [0.4, 0.5) is 0 Å². The molecular weight excluding hydrogens is 200 g/mol. The van der Waals surface area contributed by atoms with E-state index in [4.69, 9.17) is 10.8 Å². The molecule has 1 aromatic carbocycles. The molecular formula is C13H22N2O. The van der Waals surface area contributed by atoms with Crippen molar-refractivity contribution in [2.24, 2.45) is 5.73 Å². The zero-order valence-electron chi connectivity index (χ0n) is 9.97. The van der Waals surface area contributed by atoms with Crippen molar-refractivity contribution in [1.82, 2.24) is 4.90 Å². The lowest BCUT2D eigenvalue weighted by atomic mass is 10.0. The Kier molecular flexibility index (Phi) is 6.08. The molecule has 0 radical (unpaired) electrons. The number of aryl methyl sites for hydroxylation is 1. The fraction of sp³-hybridized carbons (Fsp3) is 0.538. The molecule has 0 bridgehead atoms. The highest BCUT2D eigenvalue weighted by molar-refractivity contribution is 5.14. The van der Waals surface area contributed by atoms with Gasteiger partial charge in [-0.25, -0.2) is 0 Å². The highest BCUT2D eigenvalue weighted by atomic mass is 16.3. The van der Waals surface area contributed by atoms with E-state index in [-0.39, 0.29) is 6.61 Å². The zero-order chi connectivity index (χ0) is 11.8. The molecule has 0 spiro atoms. The second-order valence-corrected chi connectivity index (χ2v) is 4.12. The van der Waals surface area contributed by atoms with Gasteiger partial charge in [0.05, 0.1) is 6.61 Å². The minimum atomic E-state index is 0.193. The van der Waals surface area contributed by atoms with Crippen molar-refractivity contribution in [2.75, 3.05) is 26.7 Å². The molecule has 0 heterocycles. The van der Waals surface area contributed by atoms with Crippen molar-refractivity contribution in [3.8, 4) is 0 Å². The van der Waals surface area contributed by atoms with E-state index in [2.05, 4.69) is 29.2 Å². The van der Waals surface area contributed by atoms with Gasteiger partial charge < -0.3 is 10.8 Å². The molecule has 0 aromatic heterocycles. The fourth-order valence-electron chi connectivity index (χ4n) is 1.84. The number of aliphatic hydroxyl groups excluding tert-OH is 1. The predicted molar refractivity (Wildman–Crippen MR) is 67.3 cm³/mol. The van der Waals surface area contributed by atoms with Crippen LogP contribution in [0.2, 0.25) is 0 Å². The first-order chi connectivity index (χ1) is 7.77. The van der Waals surface area contributed by atoms with E-state index in [1.54, 1.807) is 0 Å². The molecule has 0 fully saturated rings. The zero-order valence-corrected chi connectivity index (χ0v) is 9.97. The monoisotopic (exact) mass is 222 g/mol. The first-order valence-corrected chi connectivity index (χ1v) is 5.83. The maximum Gasteiger partial charge on any atom is 0.0558 e. The average Bonchev–Trinajstić information content (AvgIpc) is 2.31. The number of aliphatic hydroxyl groups is 1. The van der Waals surface area contributed by atoms with E-state index in [1.807, 2.05) is 13.1 Å². The highest BCUT2D eigenvalue weighted by Gasteiger charge is 2.11. The van der Waals surface area contributed by atoms with Gasteiger partial charge in [-0.05, 0) is 25.5 Å². The summed E-state index contributed by atoms with van der Waals surface area (Å²) in [7, 11) is 2.01. The molecule has 3 nitrogen and oxygen atoms in total. The van der Waals surface area contributed by atoms with E-state index in [1.165, 1.54) is 5.56 Å². The van der Waals surface area contributed by atoms with E-state index >= 15 is 0 Å². The maximum absolute atomic E-state index is 8.88. The van der Waals surface area contributed by atoms with Crippen molar-refractivity contribution in [3.63, 3.8) is 0 Å². The molecule has 0 saturated heterocycles. The van der Waals surface area contributed by atoms with Gasteiger partial charge in [0.15, 0.2) is 0 Å². The third-order valence-corrected chi connectivity index (χ3v) is 2.96. The van der Waals surface area contributed by atoms with Crippen molar-refractivity contribution in [3.05, 3.63) is 35.9 Å². The summed E-state index contributed by atoms with van der Waals surface area (Å²) in [5.41, 5.74) is 7.09. The molecule has 0 saturated carbocycles. The summed E-state index contributed by atoms with van der Waals surface area (Å²) < 4.78 is 0. The van der Waals surface area contributed by atoms with Crippen LogP contribution in [0.15, 0.2) is 30.3 Å². The molecule has 1 atom stereocenters. The minimum absolute atomic E-state index is 0.193. The number of benzene rings is 1. The Morgan fingerprint density at radius 3 is 2.56 bits per heavy atom. The van der Waals surface area contributed by atoms with E-state index in [0.29, 0.717) is 19.1 Å². The van der Waals surface area contributed by atoms with Crippen LogP contribution in [-0.4, -0.2) is 42.8 Å². The van der Waals surface area contributed by atoms with E-state index in [9.17, 15) is 0 Å². The maximum atomic E-state index is 8.88. The summed E-state index contributed by atoms with van der Waals surface area (Å²) in [6.07, 6.45) is 2.08. The van der Waals surface area contributed by atoms with Gasteiger partial charge in [0, 0.05) is 19.1 Å². The summed E-state index contributed by atoms with van der Waals surface area (Å²) >= 11 is 0. The van der Waals surface area contributed by atoms with Crippen LogP contribution in [0.5, 0.6) is 0 Å². The van der Waals surface area contributed by atoms with Gasteiger partial charge in [-0.2, -0.15) is 0 Å². The summed E-state index contributed by atoms with van der Waals surface area (Å²) in [4.78, 5) is 2.13. The first-order valence-electron chi connectivity index (χ1n) is 5.83. The van der Waals surface area contributed by atoms with Gasteiger partial charge in [-0.1, -0.05) is 30.3 Å². The predicted octanol–water partition coefficient (Wildman–Crippen LogP) is 0.871. The number of rotatable bonds is 7. The fourth-order valence-corrected chi connectivity index (χ4v) is 1.84. The number of hydrogen-bond donors (Lipinski definition) is 2. The van der Waals surface area contributed by atoms with Crippen LogP contribution >= 0.6 is 0 Å². The van der Waals surface area contributed by atoms with Crippen LogP contribution in [0, 0.1) is 0 Å². The average molecular weight is 222 g/mol. The standard InChI is InChI=1S/C13H22N2O/c1-15(9-10-16)13(11-14)8-7-12-5-3-2-4-6-12/h2-6,13,16H,7-11,14H2,1H3. The minimum Gasteiger partial charge on any atom is -0.395 e. The molecule has 16 heavy (non-hydrogen) atoms. The number of likely N-dealkylation sites (N-methyl/N-ethyl adjacent to an activating group) is 1. The Balaban J connectivity index is 2.39. The first kappa shape index (κ1) is 13.2. The molecule has 0 aliphatic heterocycles. The summed E-state index contributed by atoms with van der Waals surface area (Å²) in [5, 5.41) is 8.88. The molecule has 1 aromatic rings. The Bertz CT molecular complexity index is 277. The Morgan fingerprint density at radius 2 is 2.00 bits per heavy atom. The lowest BCUT2D eigenvalue weighted by Gasteiger charge is -2.26. The summed E-state index contributed by atoms with van der Waals surface area (Å²) in [5.74, 6) is 0. The van der Waals surface area contributed by atoms with Gasteiger partial charge >= 0.3 is 0 Å². The van der Waals surface area contributed by atoms with Gasteiger partial charge in [-0.3, -0.25) is 4.90 Å². The normalized spacial score (nSPS) is 13.0. The molecule has 0 aliphatic carbocycles. The molecule has 1 unspecified atom stereocenters. The molecule has 0 aliphatic rings. The van der Waals surface area contributed by atoms with Crippen LogP contribution < -0.4 is 5.73 Å². The third kappa shape index (κ3) is 4.31. The number of nitrogens with zero attached hydrogens (tertiary/aromatic N) is 1. The highest BCUT2D eigenvalue weighted by Crippen LogP contribution is 2.07. The van der Waals surface area contributed by atoms with Crippen molar-refractivity contribution in [2.45, 2.75) is 18.9 Å². The molecule has 3 N–H and O–H groups in total. The summed E-state index contributed by atoms with van der Waals surface area (Å²) in [6, 6.07) is 10.8. The molecule has 90 valence electrons. The van der Waals surface area contributed by atoms with Crippen molar-refractivity contribution in [1.29, 1.82) is 0 Å². The third-order valence-electron chi connectivity index (χ3n) is 2.96. The Labute approximate surface area is 97.9 Å². The smallest absolute Gasteiger partial charge is 0.0558 e. The second kappa shape index (κ2) is 7.39. The number of hydrogen-bond acceptors (Lipinski definition) is 3. The van der Waals surface area contributed by atoms with Gasteiger partial charge in [0.25, 0.3) is 0 Å². The van der Waals surface area contributed by atoms with Gasteiger partial charge in [-0.15, -0.1) is 0 Å². The lowest BCUT2D eigenvalue weighted by molar-refractivity contribution is 0.177. The SMILES string of the molecule is CN(CCO)C(CN)CCc1ccccc1. The summed E-state index contributed by atoms with van der Waals surface area (Å²) in [6.45, 7) is 1.53. The van der Waals surface area contributed by atoms with Crippen LogP contribution in [0.3, 0.4) is 0 Å². The van der Waals surface area contributed by atoms with Crippen LogP contribution in [-0.2, 0) is 6.42 Å². The Morgan fingerprint density at radius 1 is 1.31 bits per heavy atom. The molecule has 1 rings (SSSR count). The van der Waals surface area contributed by atoms with Crippen molar-refractivity contribution >= 4 is 0 Å². The van der Waals surface area contributed by atoms with Crippen LogP contribution in [0.25, 0.3) is 0 Å². The van der Waals surface area contributed by atoms with Gasteiger partial charge in [0.2, 0.25) is 0 Å². The van der Waals surface area contributed by atoms with Crippen LogP contribution in [0.1, 0.15) is 12.0 Å². The van der Waals surface area contributed by atoms with E-state index in [0.717, 1.165) is 12.8 Å². The van der Waals surface area contributed by atoms with E-state index < -0.39 is 0 Å². The lowest BCUT2D eigenvalue weighted by Crippen LogP contribution is -2.39. The second-order valence-electron chi connectivity index (χ2n) is 4.12. The van der Waals surface area contributed by atoms with Crippen molar-refractivity contribution < 1.29 is 5.11 Å². The molecule has 3 heteroatoms. The quantitative estimate of drug-likeness (QED) is 0.720. The number of nitrogens with two attached hydrogens (primary N) is 1. The largest absolute Gasteiger partial charge is 0.395 e. The van der Waals surface area contributed by atoms with Gasteiger partial charge in [0.1, 0.15) is 0 Å². The Hall–Kier alpha value is -0.900.